The van der Waals surface area contributed by atoms with Gasteiger partial charge in [-0.15, -0.1) is 11.3 Å². The molecule has 17 heavy (non-hydrogen) atoms. The van der Waals surface area contributed by atoms with E-state index < -0.39 is 0 Å². The van der Waals surface area contributed by atoms with Gasteiger partial charge in [0.25, 0.3) is 0 Å². The Bertz CT molecular complexity index is 304. The zero-order chi connectivity index (χ0) is 12.1. The molecule has 1 atom stereocenters. The highest BCUT2D eigenvalue weighted by molar-refractivity contribution is 7.09. The summed E-state index contributed by atoms with van der Waals surface area (Å²) in [5, 5.41) is 3.60. The number of likely N-dealkylation sites (tertiary alicyclic amines) is 1. The fraction of sp³-hybridized carbons (Fsp3) is 0.769. The van der Waals surface area contributed by atoms with Gasteiger partial charge in [0.05, 0.1) is 5.51 Å². The molecule has 1 fully saturated rings. The molecule has 0 radical (unpaired) electrons. The molecule has 0 aliphatic carbocycles. The largest absolute Gasteiger partial charge is 0.309 e. The summed E-state index contributed by atoms with van der Waals surface area (Å²) in [6.45, 7) is 5.90. The van der Waals surface area contributed by atoms with Crippen LogP contribution in [0.15, 0.2) is 11.7 Å². The van der Waals surface area contributed by atoms with Gasteiger partial charge in [-0.25, -0.2) is 0 Å². The smallest absolute Gasteiger partial charge is 0.0794 e. The average Bonchev–Trinajstić information content (AvgIpc) is 2.85. The van der Waals surface area contributed by atoms with Gasteiger partial charge >= 0.3 is 0 Å². The molecule has 1 aliphatic heterocycles. The summed E-state index contributed by atoms with van der Waals surface area (Å²) in [5.74, 6) is 0.923. The minimum Gasteiger partial charge on any atom is -0.309 e. The number of nitrogens with zero attached hydrogens (tertiary/aromatic N) is 2. The summed E-state index contributed by atoms with van der Waals surface area (Å²) < 4.78 is 0. The Kier molecular flexibility index (Phi) is 4.95. The van der Waals surface area contributed by atoms with Crippen molar-refractivity contribution in [3.05, 3.63) is 16.6 Å². The molecule has 1 N–H and O–H groups in total. The minimum atomic E-state index is 0.453. The molecule has 1 aromatic heterocycles. The van der Waals surface area contributed by atoms with E-state index in [2.05, 4.69) is 29.2 Å². The van der Waals surface area contributed by atoms with Crippen LogP contribution in [0.2, 0.25) is 0 Å². The van der Waals surface area contributed by atoms with E-state index in [1.807, 2.05) is 11.7 Å². The van der Waals surface area contributed by atoms with Gasteiger partial charge in [-0.1, -0.05) is 0 Å². The molecule has 1 saturated heterocycles. The molecule has 1 aliphatic rings. The third-order valence-corrected chi connectivity index (χ3v) is 4.68. The van der Waals surface area contributed by atoms with Gasteiger partial charge in [-0.3, -0.25) is 4.98 Å². The van der Waals surface area contributed by atoms with Crippen LogP contribution in [0, 0.1) is 5.92 Å². The Morgan fingerprint density at radius 3 is 2.94 bits per heavy atom. The highest BCUT2D eigenvalue weighted by atomic mass is 32.1. The van der Waals surface area contributed by atoms with Gasteiger partial charge < -0.3 is 10.2 Å². The number of rotatable bonds is 5. The van der Waals surface area contributed by atoms with E-state index in [1.54, 1.807) is 11.3 Å². The lowest BCUT2D eigenvalue weighted by atomic mass is 9.94. The van der Waals surface area contributed by atoms with Gasteiger partial charge in [0, 0.05) is 17.1 Å². The van der Waals surface area contributed by atoms with Crippen molar-refractivity contribution in [3.8, 4) is 0 Å². The average molecular weight is 253 g/mol. The second-order valence-electron chi connectivity index (χ2n) is 5.11. The van der Waals surface area contributed by atoms with Crippen molar-refractivity contribution >= 4 is 11.3 Å². The van der Waals surface area contributed by atoms with E-state index >= 15 is 0 Å². The standard InChI is InChI=1S/C13H23N3S/c1-11(13-9-14-10-17-13)15-6-3-12-4-7-16(2)8-5-12/h9-12,15H,3-8H2,1-2H3. The fourth-order valence-corrected chi connectivity index (χ4v) is 3.05. The highest BCUT2D eigenvalue weighted by Gasteiger charge is 2.16. The Morgan fingerprint density at radius 2 is 2.29 bits per heavy atom. The zero-order valence-corrected chi connectivity index (χ0v) is 11.7. The van der Waals surface area contributed by atoms with Crippen LogP contribution in [-0.2, 0) is 0 Å². The number of nitrogens with one attached hydrogen (secondary N) is 1. The summed E-state index contributed by atoms with van der Waals surface area (Å²) in [6, 6.07) is 0.453. The zero-order valence-electron chi connectivity index (χ0n) is 10.9. The predicted octanol–water partition coefficient (Wildman–Crippen LogP) is 2.53. The maximum absolute atomic E-state index is 4.12. The predicted molar refractivity (Wildman–Crippen MR) is 73.4 cm³/mol. The first-order valence-corrected chi connectivity index (χ1v) is 7.44. The summed E-state index contributed by atoms with van der Waals surface area (Å²) in [7, 11) is 2.22. The molecule has 0 aromatic carbocycles. The van der Waals surface area contributed by atoms with Crippen molar-refractivity contribution in [3.63, 3.8) is 0 Å². The monoisotopic (exact) mass is 253 g/mol. The molecule has 1 aromatic rings. The summed E-state index contributed by atoms with van der Waals surface area (Å²) in [5.41, 5.74) is 1.91. The second-order valence-corrected chi connectivity index (χ2v) is 6.03. The van der Waals surface area contributed by atoms with E-state index in [4.69, 9.17) is 0 Å². The normalized spacial score (nSPS) is 20.6. The van der Waals surface area contributed by atoms with Crippen molar-refractivity contribution in [2.75, 3.05) is 26.7 Å². The van der Waals surface area contributed by atoms with E-state index in [-0.39, 0.29) is 0 Å². The molecule has 2 rings (SSSR count). The first-order chi connectivity index (χ1) is 8.25. The molecule has 1 unspecified atom stereocenters. The lowest BCUT2D eigenvalue weighted by Crippen LogP contribution is -2.31. The molecule has 3 nitrogen and oxygen atoms in total. The van der Waals surface area contributed by atoms with Crippen LogP contribution >= 0.6 is 11.3 Å². The Hall–Kier alpha value is -0.450. The van der Waals surface area contributed by atoms with Crippen LogP contribution in [-0.4, -0.2) is 36.6 Å². The van der Waals surface area contributed by atoms with E-state index in [0.717, 1.165) is 12.5 Å². The minimum absolute atomic E-state index is 0.453. The Labute approximate surface area is 108 Å². The third-order valence-electron chi connectivity index (χ3n) is 3.72. The van der Waals surface area contributed by atoms with Crippen LogP contribution in [0.3, 0.4) is 0 Å². The van der Waals surface area contributed by atoms with Gasteiger partial charge in [-0.05, 0) is 58.8 Å². The number of piperidine rings is 1. The molecular formula is C13H23N3S. The van der Waals surface area contributed by atoms with Gasteiger partial charge in [0.15, 0.2) is 0 Å². The van der Waals surface area contributed by atoms with Crippen molar-refractivity contribution in [1.29, 1.82) is 0 Å². The molecule has 0 saturated carbocycles. The number of aromatic nitrogens is 1. The number of hydrogen-bond acceptors (Lipinski definition) is 4. The van der Waals surface area contributed by atoms with E-state index in [1.165, 1.54) is 37.2 Å². The van der Waals surface area contributed by atoms with Crippen molar-refractivity contribution in [2.45, 2.75) is 32.2 Å². The lowest BCUT2D eigenvalue weighted by molar-refractivity contribution is 0.211. The molecule has 0 amide bonds. The highest BCUT2D eigenvalue weighted by Crippen LogP contribution is 2.20. The maximum atomic E-state index is 4.12. The van der Waals surface area contributed by atoms with E-state index in [9.17, 15) is 0 Å². The van der Waals surface area contributed by atoms with Crippen LogP contribution in [0.5, 0.6) is 0 Å². The quantitative estimate of drug-likeness (QED) is 0.874. The summed E-state index contributed by atoms with van der Waals surface area (Å²) >= 11 is 1.74. The third kappa shape index (κ3) is 4.05. The van der Waals surface area contributed by atoms with Crippen molar-refractivity contribution in [2.24, 2.45) is 5.92 Å². The Morgan fingerprint density at radius 1 is 1.53 bits per heavy atom. The first-order valence-electron chi connectivity index (χ1n) is 6.56. The van der Waals surface area contributed by atoms with Crippen molar-refractivity contribution < 1.29 is 0 Å². The van der Waals surface area contributed by atoms with Crippen LogP contribution in [0.25, 0.3) is 0 Å². The fourth-order valence-electron chi connectivity index (χ4n) is 2.39. The van der Waals surface area contributed by atoms with Crippen LogP contribution < -0.4 is 5.32 Å². The van der Waals surface area contributed by atoms with E-state index in [0.29, 0.717) is 6.04 Å². The molecule has 2 heterocycles. The SMILES string of the molecule is CC(NCCC1CCN(C)CC1)c1cncs1. The molecule has 0 bridgehead atoms. The molecular weight excluding hydrogens is 230 g/mol. The Balaban J connectivity index is 1.63. The summed E-state index contributed by atoms with van der Waals surface area (Å²) in [4.78, 5) is 7.90. The number of thiazole rings is 1. The summed E-state index contributed by atoms with van der Waals surface area (Å²) in [6.07, 6.45) is 6.02. The van der Waals surface area contributed by atoms with Gasteiger partial charge in [0.1, 0.15) is 0 Å². The second kappa shape index (κ2) is 6.47. The van der Waals surface area contributed by atoms with Crippen LogP contribution in [0.1, 0.15) is 37.1 Å². The van der Waals surface area contributed by atoms with Gasteiger partial charge in [-0.2, -0.15) is 0 Å². The molecule has 96 valence electrons. The van der Waals surface area contributed by atoms with Crippen molar-refractivity contribution in [1.82, 2.24) is 15.2 Å². The maximum Gasteiger partial charge on any atom is 0.0794 e. The first kappa shape index (κ1) is 13.0. The van der Waals surface area contributed by atoms with Gasteiger partial charge in [0.2, 0.25) is 0 Å². The molecule has 0 spiro atoms. The topological polar surface area (TPSA) is 28.2 Å². The number of hydrogen-bond donors (Lipinski definition) is 1. The molecule has 4 heteroatoms. The van der Waals surface area contributed by atoms with Crippen LogP contribution in [0.4, 0.5) is 0 Å². The lowest BCUT2D eigenvalue weighted by Gasteiger charge is -2.29.